The van der Waals surface area contributed by atoms with Crippen LogP contribution in [-0.2, 0) is 0 Å². The molecular formula is C9H13N3O2S. The molecule has 0 saturated carbocycles. The minimum absolute atomic E-state index is 0.00578. The van der Waals surface area contributed by atoms with E-state index in [2.05, 4.69) is 18.8 Å². The van der Waals surface area contributed by atoms with E-state index in [0.29, 0.717) is 10.9 Å². The molecule has 0 fully saturated rings. The van der Waals surface area contributed by atoms with Gasteiger partial charge in [0.1, 0.15) is 10.8 Å². The van der Waals surface area contributed by atoms with Crippen molar-refractivity contribution in [3.63, 3.8) is 0 Å². The zero-order chi connectivity index (χ0) is 11.4. The van der Waals surface area contributed by atoms with E-state index in [9.17, 15) is 10.1 Å². The van der Waals surface area contributed by atoms with Gasteiger partial charge in [0.25, 0.3) is 5.69 Å². The number of anilines is 1. The first kappa shape index (κ1) is 11.8. The third-order valence-electron chi connectivity index (χ3n) is 1.58. The Morgan fingerprint density at radius 2 is 2.27 bits per heavy atom. The van der Waals surface area contributed by atoms with Crippen LogP contribution in [0.2, 0.25) is 0 Å². The molecule has 0 aliphatic carbocycles. The van der Waals surface area contributed by atoms with Crippen molar-refractivity contribution in [2.45, 2.75) is 18.9 Å². The van der Waals surface area contributed by atoms with Crippen molar-refractivity contribution >= 4 is 23.3 Å². The van der Waals surface area contributed by atoms with Gasteiger partial charge < -0.3 is 5.73 Å². The number of nitro groups is 1. The summed E-state index contributed by atoms with van der Waals surface area (Å²) in [4.78, 5) is 14.1. The summed E-state index contributed by atoms with van der Waals surface area (Å²) in [6, 6.07) is 2.71. The highest BCUT2D eigenvalue weighted by atomic mass is 32.2. The van der Waals surface area contributed by atoms with Crippen LogP contribution in [0, 0.1) is 16.0 Å². The Balaban J connectivity index is 2.84. The number of thioether (sulfide) groups is 1. The lowest BCUT2D eigenvalue weighted by Gasteiger charge is -2.04. The van der Waals surface area contributed by atoms with Gasteiger partial charge in [-0.25, -0.2) is 4.98 Å². The first-order chi connectivity index (χ1) is 6.99. The van der Waals surface area contributed by atoms with Gasteiger partial charge in [-0.1, -0.05) is 13.8 Å². The van der Waals surface area contributed by atoms with Crippen LogP contribution in [0.5, 0.6) is 0 Å². The fraction of sp³-hybridized carbons (Fsp3) is 0.444. The molecule has 0 aromatic carbocycles. The van der Waals surface area contributed by atoms with Crippen molar-refractivity contribution in [1.82, 2.24) is 4.98 Å². The third-order valence-corrected chi connectivity index (χ3v) is 2.92. The highest BCUT2D eigenvalue weighted by molar-refractivity contribution is 7.99. The van der Waals surface area contributed by atoms with Crippen molar-refractivity contribution in [2.75, 3.05) is 11.5 Å². The minimum Gasteiger partial charge on any atom is -0.383 e. The molecule has 6 heteroatoms. The maximum absolute atomic E-state index is 10.6. The van der Waals surface area contributed by atoms with Gasteiger partial charge in [-0.2, -0.15) is 0 Å². The van der Waals surface area contributed by atoms with Gasteiger partial charge in [-0.3, -0.25) is 10.1 Å². The molecule has 0 radical (unpaired) electrons. The SMILES string of the molecule is CC(C)CSc1cc([N+](=O)[O-])cc(N)n1. The standard InChI is InChI=1S/C9H13N3O2S/c1-6(2)5-15-9-4-7(12(13)14)3-8(10)11-9/h3-4,6H,5H2,1-2H3,(H2,10,11). The van der Waals surface area contributed by atoms with Gasteiger partial charge >= 0.3 is 0 Å². The molecular weight excluding hydrogens is 214 g/mol. The molecule has 0 spiro atoms. The molecule has 5 nitrogen and oxygen atoms in total. The summed E-state index contributed by atoms with van der Waals surface area (Å²) >= 11 is 1.48. The average molecular weight is 227 g/mol. The molecule has 2 N–H and O–H groups in total. The van der Waals surface area contributed by atoms with Crippen LogP contribution in [0.1, 0.15) is 13.8 Å². The topological polar surface area (TPSA) is 82.0 Å². The largest absolute Gasteiger partial charge is 0.383 e. The van der Waals surface area contributed by atoms with Crippen molar-refractivity contribution in [3.05, 3.63) is 22.2 Å². The maximum atomic E-state index is 10.6. The van der Waals surface area contributed by atoms with E-state index in [1.807, 2.05) is 0 Å². The maximum Gasteiger partial charge on any atom is 0.275 e. The van der Waals surface area contributed by atoms with Crippen LogP contribution >= 0.6 is 11.8 Å². The summed E-state index contributed by atoms with van der Waals surface area (Å²) in [5, 5.41) is 11.2. The second kappa shape index (κ2) is 4.97. The molecule has 0 unspecified atom stereocenters. The van der Waals surface area contributed by atoms with Gasteiger partial charge in [-0.05, 0) is 5.92 Å². The zero-order valence-electron chi connectivity index (χ0n) is 8.64. The van der Waals surface area contributed by atoms with E-state index >= 15 is 0 Å². The number of pyridine rings is 1. The molecule has 0 atom stereocenters. The summed E-state index contributed by atoms with van der Waals surface area (Å²) in [6.45, 7) is 4.15. The zero-order valence-corrected chi connectivity index (χ0v) is 9.45. The molecule has 1 rings (SSSR count). The highest BCUT2D eigenvalue weighted by Crippen LogP contribution is 2.24. The van der Waals surface area contributed by atoms with Crippen LogP contribution in [0.3, 0.4) is 0 Å². The number of nitrogens with zero attached hydrogens (tertiary/aromatic N) is 2. The molecule has 1 aromatic heterocycles. The predicted octanol–water partition coefficient (Wildman–Crippen LogP) is 2.32. The number of aromatic nitrogens is 1. The van der Waals surface area contributed by atoms with E-state index in [-0.39, 0.29) is 11.5 Å². The normalized spacial score (nSPS) is 10.6. The van der Waals surface area contributed by atoms with Crippen LogP contribution < -0.4 is 5.73 Å². The van der Waals surface area contributed by atoms with Gasteiger partial charge in [0, 0.05) is 11.8 Å². The number of hydrogen-bond acceptors (Lipinski definition) is 5. The van der Waals surface area contributed by atoms with E-state index in [4.69, 9.17) is 5.73 Å². The molecule has 0 aliphatic heterocycles. The number of hydrogen-bond donors (Lipinski definition) is 1. The van der Waals surface area contributed by atoms with E-state index in [1.54, 1.807) is 0 Å². The lowest BCUT2D eigenvalue weighted by atomic mass is 10.3. The predicted molar refractivity (Wildman–Crippen MR) is 60.9 cm³/mol. The Hall–Kier alpha value is -1.30. The van der Waals surface area contributed by atoms with Crippen LogP contribution in [0.25, 0.3) is 0 Å². The summed E-state index contributed by atoms with van der Waals surface area (Å²) in [5.41, 5.74) is 5.47. The Bertz CT molecular complexity index is 368. The average Bonchev–Trinajstić information content (AvgIpc) is 2.13. The lowest BCUT2D eigenvalue weighted by Crippen LogP contribution is -1.97. The molecule has 0 saturated heterocycles. The van der Waals surface area contributed by atoms with Crippen molar-refractivity contribution in [2.24, 2.45) is 5.92 Å². The van der Waals surface area contributed by atoms with Crippen molar-refractivity contribution < 1.29 is 4.92 Å². The number of nitrogens with two attached hydrogens (primary N) is 1. The quantitative estimate of drug-likeness (QED) is 0.485. The smallest absolute Gasteiger partial charge is 0.275 e. The van der Waals surface area contributed by atoms with Gasteiger partial charge in [0.05, 0.1) is 11.0 Å². The molecule has 1 heterocycles. The molecule has 0 bridgehead atoms. The summed E-state index contributed by atoms with van der Waals surface area (Å²) in [7, 11) is 0. The fourth-order valence-corrected chi connectivity index (χ4v) is 1.82. The number of rotatable bonds is 4. The Morgan fingerprint density at radius 1 is 1.60 bits per heavy atom. The summed E-state index contributed by atoms with van der Waals surface area (Å²) in [6.07, 6.45) is 0. The summed E-state index contributed by atoms with van der Waals surface area (Å²) in [5.74, 6) is 1.57. The van der Waals surface area contributed by atoms with Crippen LogP contribution in [0.15, 0.2) is 17.2 Å². The van der Waals surface area contributed by atoms with Gasteiger partial charge in [-0.15, -0.1) is 11.8 Å². The first-order valence-corrected chi connectivity index (χ1v) is 5.52. The molecule has 0 amide bonds. The lowest BCUT2D eigenvalue weighted by molar-refractivity contribution is -0.385. The second-order valence-corrected chi connectivity index (χ2v) is 4.59. The molecule has 1 aromatic rings. The Kier molecular flexibility index (Phi) is 3.90. The van der Waals surface area contributed by atoms with Crippen LogP contribution in [0.4, 0.5) is 11.5 Å². The van der Waals surface area contributed by atoms with Crippen molar-refractivity contribution in [3.8, 4) is 0 Å². The molecule has 15 heavy (non-hydrogen) atoms. The van der Waals surface area contributed by atoms with Gasteiger partial charge in [0.15, 0.2) is 0 Å². The first-order valence-electron chi connectivity index (χ1n) is 4.54. The third kappa shape index (κ3) is 3.75. The van der Waals surface area contributed by atoms with E-state index in [0.717, 1.165) is 5.75 Å². The highest BCUT2D eigenvalue weighted by Gasteiger charge is 2.10. The fourth-order valence-electron chi connectivity index (χ4n) is 0.943. The van der Waals surface area contributed by atoms with E-state index < -0.39 is 4.92 Å². The van der Waals surface area contributed by atoms with Crippen LogP contribution in [-0.4, -0.2) is 15.7 Å². The second-order valence-electron chi connectivity index (χ2n) is 3.55. The van der Waals surface area contributed by atoms with Crippen molar-refractivity contribution in [1.29, 1.82) is 0 Å². The van der Waals surface area contributed by atoms with Gasteiger partial charge in [0.2, 0.25) is 0 Å². The molecule has 82 valence electrons. The Labute approximate surface area is 92.2 Å². The molecule has 0 aliphatic rings. The summed E-state index contributed by atoms with van der Waals surface area (Å²) < 4.78 is 0. The number of nitrogen functional groups attached to an aromatic ring is 1. The monoisotopic (exact) mass is 227 g/mol. The Morgan fingerprint density at radius 3 is 2.80 bits per heavy atom. The van der Waals surface area contributed by atoms with E-state index in [1.165, 1.54) is 23.9 Å². The minimum atomic E-state index is -0.461.